The van der Waals surface area contributed by atoms with Gasteiger partial charge in [-0.2, -0.15) is 0 Å². The molecule has 4 aliphatic rings. The molecule has 0 radical (unpaired) electrons. The van der Waals surface area contributed by atoms with Crippen molar-refractivity contribution in [2.45, 2.75) is 209 Å². The maximum absolute atomic E-state index is 15.8. The zero-order chi connectivity index (χ0) is 46.5. The number of allylic oxidation sites excluding steroid dienone is 2. The summed E-state index contributed by atoms with van der Waals surface area (Å²) in [4.78, 5) is 0.394. The number of sulfone groups is 1. The third-order valence-electron chi connectivity index (χ3n) is 16.2. The molecule has 2 bridgehead atoms. The van der Waals surface area contributed by atoms with E-state index in [0.717, 1.165) is 92.9 Å². The van der Waals surface area contributed by atoms with E-state index in [2.05, 4.69) is 112 Å². The first kappa shape index (κ1) is 53.5. The van der Waals surface area contributed by atoms with Crippen LogP contribution in [0.15, 0.2) is 77.7 Å². The smallest absolute Gasteiger partial charge is 0.282 e. The van der Waals surface area contributed by atoms with E-state index in [1.807, 2.05) is 18.2 Å². The van der Waals surface area contributed by atoms with Gasteiger partial charge in [0.25, 0.3) is 5.97 Å². The highest BCUT2D eigenvalue weighted by Crippen LogP contribution is 2.49. The van der Waals surface area contributed by atoms with Crippen molar-refractivity contribution in [3.05, 3.63) is 78.4 Å². The third kappa shape index (κ3) is 13.0. The fourth-order valence-corrected chi connectivity index (χ4v) is 21.9. The average molecular weight is 958 g/mol. The Balaban J connectivity index is 1.60. The lowest BCUT2D eigenvalue weighted by molar-refractivity contribution is -0.467. The molecule has 0 unspecified atom stereocenters. The fourth-order valence-electron chi connectivity index (χ4n) is 11.0. The van der Waals surface area contributed by atoms with Crippen molar-refractivity contribution < 1.29 is 35.9 Å². The molecule has 3 heterocycles. The summed E-state index contributed by atoms with van der Waals surface area (Å²) in [5, 5.41) is -0.711. The van der Waals surface area contributed by atoms with E-state index in [4.69, 9.17) is 27.5 Å². The van der Waals surface area contributed by atoms with Gasteiger partial charge in [-0.25, -0.2) is 8.42 Å². The minimum absolute atomic E-state index is 0.0400. The van der Waals surface area contributed by atoms with Crippen molar-refractivity contribution in [3.8, 4) is 0 Å². The first-order valence-electron chi connectivity index (χ1n) is 25.6. The van der Waals surface area contributed by atoms with E-state index in [9.17, 15) is 0 Å². The van der Waals surface area contributed by atoms with E-state index in [1.54, 1.807) is 12.1 Å². The van der Waals surface area contributed by atoms with Crippen LogP contribution in [0.5, 0.6) is 0 Å². The van der Waals surface area contributed by atoms with Crippen molar-refractivity contribution in [2.75, 3.05) is 19.8 Å². The molecule has 2 aromatic rings. The molecule has 6 atom stereocenters. The second-order valence-corrected chi connectivity index (χ2v) is 36.2. The Morgan fingerprint density at radius 2 is 1.19 bits per heavy atom. The van der Waals surface area contributed by atoms with Crippen molar-refractivity contribution in [2.24, 2.45) is 17.3 Å². The molecule has 1 saturated carbocycles. The lowest BCUT2D eigenvalue weighted by Gasteiger charge is -2.50. The Morgan fingerprint density at radius 3 is 1.70 bits per heavy atom. The second-order valence-electron chi connectivity index (χ2n) is 19.9. The molecule has 0 N–H and O–H groups in total. The molecule has 3 aliphatic heterocycles. The van der Waals surface area contributed by atoms with Gasteiger partial charge in [-0.15, -0.1) is 0 Å². The Labute approximate surface area is 393 Å². The molecule has 4 fully saturated rings. The van der Waals surface area contributed by atoms with Gasteiger partial charge in [0, 0.05) is 23.9 Å². The highest BCUT2D eigenvalue weighted by atomic mass is 32.2. The van der Waals surface area contributed by atoms with Gasteiger partial charge in [-0.05, 0) is 123 Å². The van der Waals surface area contributed by atoms with Crippen molar-refractivity contribution >= 4 is 34.8 Å². The summed E-state index contributed by atoms with van der Waals surface area (Å²) in [6, 6.07) is 29.1. The lowest BCUT2D eigenvalue weighted by Crippen LogP contribution is -2.58. The minimum Gasteiger partial charge on any atom is -0.414 e. The topological polar surface area (TPSA) is 89.5 Å². The van der Waals surface area contributed by atoms with E-state index in [-0.39, 0.29) is 35.6 Å². The minimum atomic E-state index is -3.86. The van der Waals surface area contributed by atoms with Gasteiger partial charge in [-0.3, -0.25) is 0 Å². The molecule has 12 heteroatoms. The molecule has 0 spiro atoms. The summed E-state index contributed by atoms with van der Waals surface area (Å²) in [6.45, 7) is 24.7. The number of aryl methyl sites for hydroxylation is 1. The fraction of sp³-hybridized carbons (Fsp3) is 0.731. The molecular weight excluding hydrogens is 869 g/mol. The van der Waals surface area contributed by atoms with Crippen LogP contribution in [0.4, 0.5) is 0 Å². The van der Waals surface area contributed by atoms with Gasteiger partial charge < -0.3 is 27.5 Å². The molecular formula is C52H88O8SSi3. The van der Waals surface area contributed by atoms with Crippen LogP contribution in [0.2, 0.25) is 54.4 Å². The number of ether oxygens (including phenoxy) is 3. The molecule has 64 heavy (non-hydrogen) atoms. The first-order chi connectivity index (χ1) is 30.7. The largest absolute Gasteiger partial charge is 0.414 e. The molecule has 0 amide bonds. The Morgan fingerprint density at radius 1 is 0.688 bits per heavy atom. The van der Waals surface area contributed by atoms with Gasteiger partial charge in [0.2, 0.25) is 0 Å². The van der Waals surface area contributed by atoms with Gasteiger partial charge >= 0.3 is 0 Å². The van der Waals surface area contributed by atoms with Gasteiger partial charge in [0.1, 0.15) is 0 Å². The quantitative estimate of drug-likeness (QED) is 0.0453. The maximum Gasteiger partial charge on any atom is 0.282 e. The second kappa shape index (κ2) is 24.2. The summed E-state index contributed by atoms with van der Waals surface area (Å²) in [6.07, 6.45) is 9.99. The zero-order valence-electron chi connectivity index (χ0n) is 41.7. The van der Waals surface area contributed by atoms with E-state index < -0.39 is 46.0 Å². The highest BCUT2D eigenvalue weighted by molar-refractivity contribution is 7.92. The Kier molecular flexibility index (Phi) is 20.2. The van der Waals surface area contributed by atoms with Crippen LogP contribution in [0, 0.1) is 17.3 Å². The van der Waals surface area contributed by atoms with Crippen molar-refractivity contribution in [1.82, 2.24) is 0 Å². The predicted molar refractivity (Wildman–Crippen MR) is 271 cm³/mol. The van der Waals surface area contributed by atoms with Crippen molar-refractivity contribution in [1.29, 1.82) is 0 Å². The van der Waals surface area contributed by atoms with Crippen molar-refractivity contribution in [3.63, 3.8) is 0 Å². The molecule has 0 aromatic heterocycles. The summed E-state index contributed by atoms with van der Waals surface area (Å²) < 4.78 is 72.7. The van der Waals surface area contributed by atoms with E-state index >= 15 is 8.42 Å². The normalized spacial score (nSPS) is 26.5. The van der Waals surface area contributed by atoms with Crippen LogP contribution in [-0.2, 0) is 43.7 Å². The van der Waals surface area contributed by atoms with Crippen LogP contribution in [0.1, 0.15) is 120 Å². The third-order valence-corrected chi connectivity index (χ3v) is 32.5. The number of hydrogen-bond acceptors (Lipinski definition) is 8. The monoisotopic (exact) mass is 957 g/mol. The molecule has 6 rings (SSSR count). The zero-order valence-corrected chi connectivity index (χ0v) is 45.5. The van der Waals surface area contributed by atoms with Gasteiger partial charge in [-0.1, -0.05) is 130 Å². The van der Waals surface area contributed by atoms with Crippen LogP contribution < -0.4 is 0 Å². The molecule has 1 aliphatic carbocycles. The molecule has 2 aromatic carbocycles. The van der Waals surface area contributed by atoms with Gasteiger partial charge in [0.15, 0.2) is 34.8 Å². The number of hydrogen-bond donors (Lipinski definition) is 0. The maximum atomic E-state index is 15.8. The van der Waals surface area contributed by atoms with Crippen LogP contribution in [0.25, 0.3) is 0 Å². The number of benzene rings is 2. The average Bonchev–Trinajstić information content (AvgIpc) is 3.66. The summed E-state index contributed by atoms with van der Waals surface area (Å²) in [5.74, 6) is -1.24. The molecule has 8 nitrogen and oxygen atoms in total. The number of unbranched alkanes of at least 4 members (excludes halogenated alkanes) is 1. The standard InChI is InChI=1S/C52H88O8SSi3/c1-11-62(12-2,13-3)58-44(36-35-43-30-24-22-25-31-43)38-49(61(53,54)45-32-26-23-27-33-45)50-46(34-28-20-21-29-37-52-55-40-51(10,41-56-52)42-57-52)47(59-63(14-4,15-5)16-6)39-48(50)60-64(17-7,18-8)19-9/h20,22-28,30-33,44,46-50H,11-19,21,29,34-42H2,1-10H3/b28-20-/t44-,46-,47-,48+,49+,50+,51?,52?/m0/s1. The predicted octanol–water partition coefficient (Wildman–Crippen LogP) is 13.5. The summed E-state index contributed by atoms with van der Waals surface area (Å²) in [5.41, 5.74) is 1.20. The summed E-state index contributed by atoms with van der Waals surface area (Å²) in [7, 11) is -10.3. The SMILES string of the molecule is CC[Si](CC)(CC)O[C@@H](CCc1ccccc1)C[C@H]([C@@H]1[C@@H](C/C=C\CCCC23OCC(C)(CO2)CO3)[C@@H](O[Si](CC)(CC)CC)C[C@H]1O[Si](CC)(CC)CC)S(=O)(=O)c1ccccc1. The number of rotatable bonds is 29. The molecule has 362 valence electrons. The van der Waals surface area contributed by atoms with Crippen LogP contribution >= 0.6 is 0 Å². The highest BCUT2D eigenvalue weighted by Gasteiger charge is 2.55. The van der Waals surface area contributed by atoms with E-state index in [0.29, 0.717) is 37.6 Å². The lowest BCUT2D eigenvalue weighted by atomic mass is 9.85. The van der Waals surface area contributed by atoms with Crippen LogP contribution in [0.3, 0.4) is 0 Å². The summed E-state index contributed by atoms with van der Waals surface area (Å²) >= 11 is 0. The molecule has 3 saturated heterocycles. The Hall–Kier alpha value is -1.46. The number of fused-ring (bicyclic) bond motifs is 3. The Bertz CT molecular complexity index is 1750. The van der Waals surface area contributed by atoms with E-state index in [1.165, 1.54) is 5.56 Å². The van der Waals surface area contributed by atoms with Crippen LogP contribution in [-0.4, -0.2) is 82.7 Å². The van der Waals surface area contributed by atoms with Gasteiger partial charge in [0.05, 0.1) is 42.2 Å². The first-order valence-corrected chi connectivity index (χ1v) is 34.8.